The minimum Gasteiger partial charge on any atom is -0.295 e. The van der Waals surface area contributed by atoms with Crippen LogP contribution in [0.4, 0.5) is 0 Å². The molecule has 2 rings (SSSR count). The van der Waals surface area contributed by atoms with Crippen LogP contribution >= 0.6 is 0 Å². The van der Waals surface area contributed by atoms with Crippen LogP contribution < -0.4 is 0 Å². The average Bonchev–Trinajstić information content (AvgIpc) is 2.76. The highest BCUT2D eigenvalue weighted by molar-refractivity contribution is 5.17. The Balaban J connectivity index is 1.58. The number of nitrogens with zero attached hydrogens (tertiary/aromatic N) is 1. The zero-order valence-corrected chi connectivity index (χ0v) is 18.8. The summed E-state index contributed by atoms with van der Waals surface area (Å²) in [5, 5.41) is 0. The van der Waals surface area contributed by atoms with E-state index in [0.717, 1.165) is 13.1 Å². The molecular weight excluding hydrogens is 350 g/mol. The van der Waals surface area contributed by atoms with Gasteiger partial charge in [0.25, 0.3) is 0 Å². The smallest absolute Gasteiger partial charge is 0.0237 e. The van der Waals surface area contributed by atoms with E-state index in [-0.39, 0.29) is 0 Å². The lowest BCUT2D eigenvalue weighted by atomic mass is 10.1. The monoisotopic (exact) mass is 393 g/mol. The molecule has 0 unspecified atom stereocenters. The van der Waals surface area contributed by atoms with Crippen LogP contribution in [0.2, 0.25) is 0 Å². The Kier molecular flexibility index (Phi) is 13.2. The third-order valence-corrected chi connectivity index (χ3v) is 5.83. The molecule has 29 heavy (non-hydrogen) atoms. The maximum absolute atomic E-state index is 2.61. The van der Waals surface area contributed by atoms with Gasteiger partial charge in [0.1, 0.15) is 0 Å². The van der Waals surface area contributed by atoms with Gasteiger partial charge < -0.3 is 0 Å². The van der Waals surface area contributed by atoms with Crippen molar-refractivity contribution in [2.24, 2.45) is 0 Å². The van der Waals surface area contributed by atoms with E-state index in [0.29, 0.717) is 0 Å². The van der Waals surface area contributed by atoms with Crippen molar-refractivity contribution >= 4 is 0 Å². The van der Waals surface area contributed by atoms with Gasteiger partial charge in [0.05, 0.1) is 0 Å². The van der Waals surface area contributed by atoms with Crippen LogP contribution in [0.1, 0.15) is 95.1 Å². The lowest BCUT2D eigenvalue weighted by Gasteiger charge is -2.22. The molecule has 0 atom stereocenters. The van der Waals surface area contributed by atoms with Crippen molar-refractivity contribution in [2.45, 2.75) is 97.1 Å². The summed E-state index contributed by atoms with van der Waals surface area (Å²) in [6.07, 6.45) is 17.0. The zero-order chi connectivity index (χ0) is 20.4. The van der Waals surface area contributed by atoms with Crippen molar-refractivity contribution in [3.63, 3.8) is 0 Å². The standard InChI is InChI=1S/C28H43N/c1-2-3-4-5-6-7-8-9-10-11-12-19-24-29(25-27-20-15-13-16-21-27)26-28-22-17-14-18-23-28/h13-18,20-23H,2-12,19,24-26H2,1H3. The SMILES string of the molecule is CCCCCCCCCCCCCCN(Cc1ccccc1)Cc1ccccc1. The van der Waals surface area contributed by atoms with Crippen LogP contribution in [0.5, 0.6) is 0 Å². The fourth-order valence-corrected chi connectivity index (χ4v) is 4.07. The number of hydrogen-bond donors (Lipinski definition) is 0. The molecule has 160 valence electrons. The summed E-state index contributed by atoms with van der Waals surface area (Å²) in [5.74, 6) is 0. The van der Waals surface area contributed by atoms with E-state index >= 15 is 0 Å². The molecule has 1 heteroatoms. The zero-order valence-electron chi connectivity index (χ0n) is 18.8. The predicted molar refractivity (Wildman–Crippen MR) is 128 cm³/mol. The van der Waals surface area contributed by atoms with Crippen molar-refractivity contribution in [3.8, 4) is 0 Å². The van der Waals surface area contributed by atoms with Gasteiger partial charge in [0.15, 0.2) is 0 Å². The van der Waals surface area contributed by atoms with Crippen molar-refractivity contribution in [1.82, 2.24) is 4.90 Å². The second-order valence-electron chi connectivity index (χ2n) is 8.57. The molecular formula is C28H43N. The second kappa shape index (κ2) is 16.2. The first-order valence-electron chi connectivity index (χ1n) is 12.2. The molecule has 0 aliphatic rings. The number of hydrogen-bond acceptors (Lipinski definition) is 1. The lowest BCUT2D eigenvalue weighted by Crippen LogP contribution is -2.24. The Morgan fingerprint density at radius 1 is 0.483 bits per heavy atom. The quantitative estimate of drug-likeness (QED) is 0.244. The molecule has 0 saturated carbocycles. The molecule has 0 N–H and O–H groups in total. The highest BCUT2D eigenvalue weighted by atomic mass is 15.1. The minimum absolute atomic E-state index is 1.05. The fraction of sp³-hybridized carbons (Fsp3) is 0.571. The molecule has 1 nitrogen and oxygen atoms in total. The molecule has 2 aromatic carbocycles. The van der Waals surface area contributed by atoms with Crippen LogP contribution in [0, 0.1) is 0 Å². The molecule has 0 aliphatic carbocycles. The first-order valence-corrected chi connectivity index (χ1v) is 12.2. The van der Waals surface area contributed by atoms with E-state index in [1.807, 2.05) is 0 Å². The molecule has 0 saturated heterocycles. The normalized spacial score (nSPS) is 11.2. The molecule has 0 amide bonds. The summed E-state index contributed by atoms with van der Waals surface area (Å²) in [7, 11) is 0. The summed E-state index contributed by atoms with van der Waals surface area (Å²) in [4.78, 5) is 2.61. The van der Waals surface area contributed by atoms with E-state index in [1.165, 1.54) is 94.7 Å². The third kappa shape index (κ3) is 11.9. The Labute approximate surface area is 180 Å². The van der Waals surface area contributed by atoms with Gasteiger partial charge >= 0.3 is 0 Å². The fourth-order valence-electron chi connectivity index (χ4n) is 4.07. The number of unbranched alkanes of at least 4 members (excludes halogenated alkanes) is 11. The molecule has 0 heterocycles. The molecule has 0 aliphatic heterocycles. The van der Waals surface area contributed by atoms with Gasteiger partial charge in [-0.05, 0) is 24.1 Å². The van der Waals surface area contributed by atoms with E-state index in [4.69, 9.17) is 0 Å². The number of benzene rings is 2. The second-order valence-corrected chi connectivity index (χ2v) is 8.57. The topological polar surface area (TPSA) is 3.24 Å². The lowest BCUT2D eigenvalue weighted by molar-refractivity contribution is 0.250. The van der Waals surface area contributed by atoms with Gasteiger partial charge in [-0.25, -0.2) is 0 Å². The van der Waals surface area contributed by atoms with Crippen LogP contribution in [0.3, 0.4) is 0 Å². The average molecular weight is 394 g/mol. The van der Waals surface area contributed by atoms with Gasteiger partial charge in [-0.15, -0.1) is 0 Å². The number of rotatable bonds is 17. The molecule has 0 spiro atoms. The van der Waals surface area contributed by atoms with Gasteiger partial charge in [-0.3, -0.25) is 4.90 Å². The Hall–Kier alpha value is -1.60. The van der Waals surface area contributed by atoms with Crippen molar-refractivity contribution in [1.29, 1.82) is 0 Å². The summed E-state index contributed by atoms with van der Waals surface area (Å²) in [6, 6.07) is 21.8. The van der Waals surface area contributed by atoms with E-state index in [9.17, 15) is 0 Å². The van der Waals surface area contributed by atoms with Gasteiger partial charge in [-0.2, -0.15) is 0 Å². The maximum atomic E-state index is 2.61. The van der Waals surface area contributed by atoms with Crippen LogP contribution in [-0.4, -0.2) is 11.4 Å². The van der Waals surface area contributed by atoms with E-state index in [1.54, 1.807) is 0 Å². The van der Waals surface area contributed by atoms with Crippen LogP contribution in [0.15, 0.2) is 60.7 Å². The van der Waals surface area contributed by atoms with Gasteiger partial charge in [0, 0.05) is 13.1 Å². The van der Waals surface area contributed by atoms with E-state index < -0.39 is 0 Å². The van der Waals surface area contributed by atoms with Crippen molar-refractivity contribution in [3.05, 3.63) is 71.8 Å². The van der Waals surface area contributed by atoms with Crippen molar-refractivity contribution < 1.29 is 0 Å². The molecule has 0 fully saturated rings. The van der Waals surface area contributed by atoms with Gasteiger partial charge in [-0.1, -0.05) is 138 Å². The molecule has 0 radical (unpaired) electrons. The molecule has 2 aromatic rings. The first-order chi connectivity index (χ1) is 14.4. The highest BCUT2D eigenvalue weighted by Gasteiger charge is 2.07. The first kappa shape index (κ1) is 23.7. The largest absolute Gasteiger partial charge is 0.295 e. The Morgan fingerprint density at radius 3 is 1.28 bits per heavy atom. The van der Waals surface area contributed by atoms with Gasteiger partial charge in [0.2, 0.25) is 0 Å². The van der Waals surface area contributed by atoms with Crippen molar-refractivity contribution in [2.75, 3.05) is 6.54 Å². The maximum Gasteiger partial charge on any atom is 0.0237 e. The van der Waals surface area contributed by atoms with E-state index in [2.05, 4.69) is 72.5 Å². The predicted octanol–water partition coefficient (Wildman–Crippen LogP) is 8.39. The molecule has 0 bridgehead atoms. The summed E-state index contributed by atoms with van der Waals surface area (Å²) >= 11 is 0. The van der Waals surface area contributed by atoms with Crippen LogP contribution in [-0.2, 0) is 13.1 Å². The Morgan fingerprint density at radius 2 is 0.862 bits per heavy atom. The summed E-state index contributed by atoms with van der Waals surface area (Å²) in [6.45, 7) is 5.59. The van der Waals surface area contributed by atoms with Crippen LogP contribution in [0.25, 0.3) is 0 Å². The Bertz CT molecular complexity index is 551. The summed E-state index contributed by atoms with van der Waals surface area (Å²) in [5.41, 5.74) is 2.84. The minimum atomic E-state index is 1.05. The third-order valence-electron chi connectivity index (χ3n) is 5.83. The molecule has 0 aromatic heterocycles. The highest BCUT2D eigenvalue weighted by Crippen LogP contribution is 2.14. The summed E-state index contributed by atoms with van der Waals surface area (Å²) < 4.78 is 0.